The lowest BCUT2D eigenvalue weighted by Gasteiger charge is -2.07. The Labute approximate surface area is 122 Å². The lowest BCUT2D eigenvalue weighted by molar-refractivity contribution is 0.102. The first-order chi connectivity index (χ1) is 10.1. The predicted octanol–water partition coefficient (Wildman–Crippen LogP) is 2.73. The highest BCUT2D eigenvalue weighted by Gasteiger charge is 2.11. The average Bonchev–Trinajstić information content (AvgIpc) is 2.49. The maximum Gasteiger partial charge on any atom is 0.258 e. The summed E-state index contributed by atoms with van der Waals surface area (Å²) in [7, 11) is 0. The number of benzene rings is 2. The largest absolute Gasteiger partial charge is 0.384 e. The van der Waals surface area contributed by atoms with Gasteiger partial charge in [0, 0.05) is 11.3 Å². The van der Waals surface area contributed by atoms with E-state index >= 15 is 0 Å². The zero-order valence-electron chi connectivity index (χ0n) is 11.5. The first kappa shape index (κ1) is 14.8. The fourth-order valence-electron chi connectivity index (χ4n) is 1.79. The van der Waals surface area contributed by atoms with Gasteiger partial charge in [-0.2, -0.15) is 0 Å². The SMILES string of the molecule is Cc1ccc(F)c(C(=O)Nc2ccc(C#CCO)cc2)c1. The van der Waals surface area contributed by atoms with Crippen molar-refractivity contribution in [2.75, 3.05) is 11.9 Å². The molecule has 0 aromatic heterocycles. The van der Waals surface area contributed by atoms with Crippen LogP contribution in [0.1, 0.15) is 21.5 Å². The Morgan fingerprint density at radius 2 is 1.95 bits per heavy atom. The van der Waals surface area contributed by atoms with Gasteiger partial charge in [-0.15, -0.1) is 0 Å². The summed E-state index contributed by atoms with van der Waals surface area (Å²) in [6, 6.07) is 11.2. The minimum Gasteiger partial charge on any atom is -0.384 e. The number of amides is 1. The van der Waals surface area contributed by atoms with Crippen molar-refractivity contribution >= 4 is 11.6 Å². The van der Waals surface area contributed by atoms with Crippen molar-refractivity contribution in [3.05, 3.63) is 65.0 Å². The molecule has 0 aliphatic carbocycles. The van der Waals surface area contributed by atoms with Crippen LogP contribution < -0.4 is 5.32 Å². The van der Waals surface area contributed by atoms with Crippen LogP contribution in [0.15, 0.2) is 42.5 Å². The third kappa shape index (κ3) is 3.91. The second-order valence-electron chi connectivity index (χ2n) is 4.47. The van der Waals surface area contributed by atoms with Gasteiger partial charge in [-0.05, 0) is 43.3 Å². The molecule has 1 amide bonds. The van der Waals surface area contributed by atoms with Crippen LogP contribution in [0.5, 0.6) is 0 Å². The number of aliphatic hydroxyl groups is 1. The lowest BCUT2D eigenvalue weighted by Crippen LogP contribution is -2.13. The Kier molecular flexibility index (Phi) is 4.70. The van der Waals surface area contributed by atoms with E-state index < -0.39 is 11.7 Å². The summed E-state index contributed by atoms with van der Waals surface area (Å²) < 4.78 is 13.6. The van der Waals surface area contributed by atoms with Crippen LogP contribution in [0.25, 0.3) is 0 Å². The number of rotatable bonds is 2. The van der Waals surface area contributed by atoms with Crippen LogP contribution in [-0.4, -0.2) is 17.6 Å². The van der Waals surface area contributed by atoms with E-state index in [-0.39, 0.29) is 12.2 Å². The van der Waals surface area contributed by atoms with Gasteiger partial charge in [0.2, 0.25) is 0 Å². The first-order valence-electron chi connectivity index (χ1n) is 6.37. The highest BCUT2D eigenvalue weighted by Crippen LogP contribution is 2.14. The molecule has 3 nitrogen and oxygen atoms in total. The minimum atomic E-state index is -0.552. The van der Waals surface area contributed by atoms with E-state index in [1.165, 1.54) is 12.1 Å². The Morgan fingerprint density at radius 1 is 1.24 bits per heavy atom. The number of carbonyl (C=O) groups is 1. The number of hydrogen-bond acceptors (Lipinski definition) is 2. The molecule has 0 aliphatic rings. The van der Waals surface area contributed by atoms with E-state index in [9.17, 15) is 9.18 Å². The number of aliphatic hydroxyl groups excluding tert-OH is 1. The smallest absolute Gasteiger partial charge is 0.258 e. The quantitative estimate of drug-likeness (QED) is 0.833. The van der Waals surface area contributed by atoms with E-state index in [2.05, 4.69) is 17.2 Å². The fraction of sp³-hybridized carbons (Fsp3) is 0.118. The van der Waals surface area contributed by atoms with E-state index in [4.69, 9.17) is 5.11 Å². The Morgan fingerprint density at radius 3 is 2.62 bits per heavy atom. The molecule has 0 saturated heterocycles. The molecule has 0 saturated carbocycles. The molecule has 0 aliphatic heterocycles. The van der Waals surface area contributed by atoms with Gasteiger partial charge in [0.05, 0.1) is 5.56 Å². The number of nitrogens with one attached hydrogen (secondary N) is 1. The lowest BCUT2D eigenvalue weighted by atomic mass is 10.1. The molecule has 0 spiro atoms. The van der Waals surface area contributed by atoms with Gasteiger partial charge < -0.3 is 10.4 Å². The topological polar surface area (TPSA) is 49.3 Å². The third-order valence-electron chi connectivity index (χ3n) is 2.82. The highest BCUT2D eigenvalue weighted by atomic mass is 19.1. The Hall–Kier alpha value is -2.64. The number of hydrogen-bond donors (Lipinski definition) is 2. The maximum atomic E-state index is 13.6. The summed E-state index contributed by atoms with van der Waals surface area (Å²) in [5.41, 5.74) is 2.11. The second-order valence-corrected chi connectivity index (χ2v) is 4.47. The molecule has 4 heteroatoms. The molecule has 0 atom stereocenters. The van der Waals surface area contributed by atoms with Gasteiger partial charge in [0.1, 0.15) is 12.4 Å². The highest BCUT2D eigenvalue weighted by molar-refractivity contribution is 6.04. The minimum absolute atomic E-state index is 0.0131. The number of aryl methyl sites for hydroxylation is 1. The molecule has 2 rings (SSSR count). The van der Waals surface area contributed by atoms with Crippen LogP contribution in [0.3, 0.4) is 0 Å². The van der Waals surface area contributed by atoms with Gasteiger partial charge in [0.25, 0.3) is 5.91 Å². The van der Waals surface area contributed by atoms with Crippen molar-refractivity contribution in [2.45, 2.75) is 6.92 Å². The average molecular weight is 283 g/mol. The molecular formula is C17H14FNO2. The van der Waals surface area contributed by atoms with E-state index in [0.29, 0.717) is 5.69 Å². The molecule has 0 bridgehead atoms. The molecular weight excluding hydrogens is 269 g/mol. The monoisotopic (exact) mass is 283 g/mol. The predicted molar refractivity (Wildman–Crippen MR) is 79.5 cm³/mol. The van der Waals surface area contributed by atoms with Crippen molar-refractivity contribution < 1.29 is 14.3 Å². The van der Waals surface area contributed by atoms with E-state index in [0.717, 1.165) is 11.1 Å². The molecule has 21 heavy (non-hydrogen) atoms. The van der Waals surface area contributed by atoms with E-state index in [1.807, 2.05) is 0 Å². The third-order valence-corrected chi connectivity index (χ3v) is 2.82. The van der Waals surface area contributed by atoms with Crippen molar-refractivity contribution in [1.29, 1.82) is 0 Å². The molecule has 2 aromatic carbocycles. The molecule has 0 radical (unpaired) electrons. The molecule has 0 unspecified atom stereocenters. The molecule has 106 valence electrons. The fourth-order valence-corrected chi connectivity index (χ4v) is 1.79. The first-order valence-corrected chi connectivity index (χ1v) is 6.37. The molecule has 2 aromatic rings. The Bertz CT molecular complexity index is 712. The van der Waals surface area contributed by atoms with Crippen LogP contribution in [-0.2, 0) is 0 Å². The summed E-state index contributed by atoms with van der Waals surface area (Å²) in [6.45, 7) is 1.59. The van der Waals surface area contributed by atoms with Crippen molar-refractivity contribution in [3.63, 3.8) is 0 Å². The number of carbonyl (C=O) groups excluding carboxylic acids is 1. The Balaban J connectivity index is 2.14. The summed E-state index contributed by atoms with van der Waals surface area (Å²) in [5.74, 6) is 4.24. The summed E-state index contributed by atoms with van der Waals surface area (Å²) >= 11 is 0. The van der Waals surface area contributed by atoms with Gasteiger partial charge in [-0.25, -0.2) is 4.39 Å². The van der Waals surface area contributed by atoms with Crippen LogP contribution >= 0.6 is 0 Å². The molecule has 0 fully saturated rings. The van der Waals surface area contributed by atoms with Gasteiger partial charge in [0.15, 0.2) is 0 Å². The maximum absolute atomic E-state index is 13.6. The standard InChI is InChI=1S/C17H14FNO2/c1-12-4-9-16(18)15(11-12)17(21)19-14-7-5-13(6-8-14)3-2-10-20/h4-9,11,20H,10H2,1H3,(H,19,21). The van der Waals surface area contributed by atoms with E-state index in [1.54, 1.807) is 37.3 Å². The van der Waals surface area contributed by atoms with Crippen molar-refractivity contribution in [2.24, 2.45) is 0 Å². The zero-order valence-corrected chi connectivity index (χ0v) is 11.5. The van der Waals surface area contributed by atoms with Crippen molar-refractivity contribution in [3.8, 4) is 11.8 Å². The number of halogens is 1. The summed E-state index contributed by atoms with van der Waals surface area (Å²) in [4.78, 5) is 12.0. The van der Waals surface area contributed by atoms with Gasteiger partial charge >= 0.3 is 0 Å². The zero-order chi connectivity index (χ0) is 15.2. The molecule has 2 N–H and O–H groups in total. The molecule has 0 heterocycles. The summed E-state index contributed by atoms with van der Waals surface area (Å²) in [6.07, 6.45) is 0. The van der Waals surface area contributed by atoms with Gasteiger partial charge in [-0.1, -0.05) is 23.5 Å². The van der Waals surface area contributed by atoms with Crippen LogP contribution in [0, 0.1) is 24.6 Å². The van der Waals surface area contributed by atoms with Crippen molar-refractivity contribution in [1.82, 2.24) is 0 Å². The van der Waals surface area contributed by atoms with Gasteiger partial charge in [-0.3, -0.25) is 4.79 Å². The van der Waals surface area contributed by atoms with Crippen LogP contribution in [0.2, 0.25) is 0 Å². The summed E-state index contributed by atoms with van der Waals surface area (Å²) in [5, 5.41) is 11.2. The number of anilines is 1. The second kappa shape index (κ2) is 6.69. The van der Waals surface area contributed by atoms with Crippen LogP contribution in [0.4, 0.5) is 10.1 Å². The normalized spacial score (nSPS) is 9.67.